The Kier molecular flexibility index (Phi) is 3.04. The molecule has 0 amide bonds. The van der Waals surface area contributed by atoms with Crippen molar-refractivity contribution in [3.63, 3.8) is 0 Å². The molecular formula is C7H9NO2S. The average Bonchev–Trinajstić information content (AvgIpc) is 2.48. The van der Waals surface area contributed by atoms with Crippen LogP contribution < -0.4 is 0 Å². The molecule has 0 aliphatic rings. The first-order chi connectivity index (χ1) is 5.36. The van der Waals surface area contributed by atoms with E-state index < -0.39 is 0 Å². The van der Waals surface area contributed by atoms with Crippen LogP contribution in [0, 0.1) is 0 Å². The van der Waals surface area contributed by atoms with Crippen molar-refractivity contribution in [3.05, 3.63) is 16.1 Å². The molecule has 0 unspecified atom stereocenters. The summed E-state index contributed by atoms with van der Waals surface area (Å²) in [7, 11) is 0. The number of carbonyl (C=O) groups is 1. The van der Waals surface area contributed by atoms with Gasteiger partial charge in [-0.05, 0) is 6.42 Å². The molecule has 0 spiro atoms. The predicted molar refractivity (Wildman–Crippen MR) is 42.3 cm³/mol. The number of ether oxygens (including phenoxy) is 1. The zero-order chi connectivity index (χ0) is 8.10. The zero-order valence-electron chi connectivity index (χ0n) is 6.24. The molecule has 1 heterocycles. The maximum absolute atomic E-state index is 9.82. The maximum atomic E-state index is 9.82. The first-order valence-corrected chi connectivity index (χ1v) is 4.17. The van der Waals surface area contributed by atoms with Crippen molar-refractivity contribution >= 4 is 17.8 Å². The molecule has 1 aromatic heterocycles. The van der Waals surface area contributed by atoms with E-state index in [1.165, 1.54) is 0 Å². The van der Waals surface area contributed by atoms with Gasteiger partial charge in [-0.15, -0.1) is 11.3 Å². The van der Waals surface area contributed by atoms with Gasteiger partial charge in [0.1, 0.15) is 6.61 Å². The molecule has 4 heteroatoms. The van der Waals surface area contributed by atoms with E-state index in [1.807, 2.05) is 6.92 Å². The molecule has 0 radical (unpaired) electrons. The highest BCUT2D eigenvalue weighted by molar-refractivity contribution is 7.11. The number of carbonyl (C=O) groups excluding carboxylic acids is 1. The molecule has 0 saturated carbocycles. The molecule has 0 aliphatic heterocycles. The molecule has 1 rings (SSSR count). The third kappa shape index (κ3) is 2.31. The second kappa shape index (κ2) is 4.08. The third-order valence-corrected chi connectivity index (χ3v) is 2.31. The van der Waals surface area contributed by atoms with Gasteiger partial charge < -0.3 is 4.74 Å². The molecule has 0 atom stereocenters. The van der Waals surface area contributed by atoms with E-state index in [-0.39, 0.29) is 0 Å². The zero-order valence-corrected chi connectivity index (χ0v) is 7.06. The van der Waals surface area contributed by atoms with Crippen LogP contribution in [-0.4, -0.2) is 11.5 Å². The summed E-state index contributed by atoms with van der Waals surface area (Å²) in [6.07, 6.45) is 2.68. The van der Waals surface area contributed by atoms with Crippen LogP contribution in [0.4, 0.5) is 0 Å². The molecule has 11 heavy (non-hydrogen) atoms. The van der Waals surface area contributed by atoms with E-state index in [4.69, 9.17) is 0 Å². The van der Waals surface area contributed by atoms with E-state index in [1.54, 1.807) is 17.5 Å². The lowest BCUT2D eigenvalue weighted by atomic mass is 10.5. The Bertz CT molecular complexity index is 234. The van der Waals surface area contributed by atoms with Gasteiger partial charge in [0.25, 0.3) is 6.47 Å². The van der Waals surface area contributed by atoms with Crippen molar-refractivity contribution in [3.8, 4) is 0 Å². The summed E-state index contributed by atoms with van der Waals surface area (Å²) >= 11 is 1.58. The second-order valence-corrected chi connectivity index (χ2v) is 3.18. The summed E-state index contributed by atoms with van der Waals surface area (Å²) in [6, 6.07) is 0. The summed E-state index contributed by atoms with van der Waals surface area (Å²) in [6.45, 7) is 2.84. The van der Waals surface area contributed by atoms with Crippen LogP contribution in [0.2, 0.25) is 0 Å². The SMILES string of the molecule is CCc1ncc(COC=O)s1. The van der Waals surface area contributed by atoms with E-state index >= 15 is 0 Å². The van der Waals surface area contributed by atoms with Crippen molar-refractivity contribution in [2.45, 2.75) is 20.0 Å². The van der Waals surface area contributed by atoms with Crippen LogP contribution in [0.3, 0.4) is 0 Å². The van der Waals surface area contributed by atoms with E-state index in [0.29, 0.717) is 13.1 Å². The molecule has 0 bridgehead atoms. The third-order valence-electron chi connectivity index (χ3n) is 1.20. The van der Waals surface area contributed by atoms with Gasteiger partial charge in [-0.2, -0.15) is 0 Å². The summed E-state index contributed by atoms with van der Waals surface area (Å²) in [5, 5.41) is 1.08. The normalized spacial score (nSPS) is 9.55. The molecule has 0 saturated heterocycles. The fraction of sp³-hybridized carbons (Fsp3) is 0.429. The maximum Gasteiger partial charge on any atom is 0.293 e. The van der Waals surface area contributed by atoms with Gasteiger partial charge in [-0.3, -0.25) is 4.79 Å². The van der Waals surface area contributed by atoms with Crippen molar-refractivity contribution in [1.82, 2.24) is 4.98 Å². The van der Waals surface area contributed by atoms with E-state index in [0.717, 1.165) is 16.3 Å². The number of aryl methyl sites for hydroxylation is 1. The number of thiazole rings is 1. The minimum atomic E-state index is 0.348. The van der Waals surface area contributed by atoms with Gasteiger partial charge in [-0.1, -0.05) is 6.92 Å². The molecule has 60 valence electrons. The minimum Gasteiger partial charge on any atom is -0.462 e. The Hall–Kier alpha value is -0.900. The Morgan fingerprint density at radius 2 is 2.64 bits per heavy atom. The minimum absolute atomic E-state index is 0.348. The lowest BCUT2D eigenvalue weighted by molar-refractivity contribution is -0.129. The van der Waals surface area contributed by atoms with Crippen LogP contribution >= 0.6 is 11.3 Å². The lowest BCUT2D eigenvalue weighted by Crippen LogP contribution is -1.84. The van der Waals surface area contributed by atoms with Gasteiger partial charge in [0.05, 0.1) is 9.88 Å². The largest absolute Gasteiger partial charge is 0.462 e. The van der Waals surface area contributed by atoms with Crippen molar-refractivity contribution < 1.29 is 9.53 Å². The first kappa shape index (κ1) is 8.20. The molecule has 0 N–H and O–H groups in total. The lowest BCUT2D eigenvalue weighted by Gasteiger charge is -1.90. The molecule has 0 aliphatic carbocycles. The van der Waals surface area contributed by atoms with Crippen LogP contribution in [0.15, 0.2) is 6.20 Å². The topological polar surface area (TPSA) is 39.2 Å². The Labute approximate surface area is 69.0 Å². The summed E-state index contributed by atoms with van der Waals surface area (Å²) in [4.78, 5) is 14.9. The molecule has 1 aromatic rings. The van der Waals surface area contributed by atoms with Crippen molar-refractivity contribution in [2.24, 2.45) is 0 Å². The first-order valence-electron chi connectivity index (χ1n) is 3.35. The highest BCUT2D eigenvalue weighted by atomic mass is 32.1. The number of rotatable bonds is 4. The van der Waals surface area contributed by atoms with Gasteiger partial charge in [0, 0.05) is 6.20 Å². The monoisotopic (exact) mass is 171 g/mol. The Balaban J connectivity index is 2.50. The molecule has 3 nitrogen and oxygen atoms in total. The average molecular weight is 171 g/mol. The number of hydrogen-bond donors (Lipinski definition) is 0. The Morgan fingerprint density at radius 3 is 3.18 bits per heavy atom. The van der Waals surface area contributed by atoms with Crippen molar-refractivity contribution in [2.75, 3.05) is 0 Å². The fourth-order valence-corrected chi connectivity index (χ4v) is 1.48. The highest BCUT2D eigenvalue weighted by Crippen LogP contribution is 2.13. The number of aromatic nitrogens is 1. The second-order valence-electron chi connectivity index (χ2n) is 1.98. The van der Waals surface area contributed by atoms with Crippen LogP contribution in [0.1, 0.15) is 16.8 Å². The highest BCUT2D eigenvalue weighted by Gasteiger charge is 1.98. The van der Waals surface area contributed by atoms with Gasteiger partial charge in [0.2, 0.25) is 0 Å². The van der Waals surface area contributed by atoms with Gasteiger partial charge >= 0.3 is 0 Å². The van der Waals surface area contributed by atoms with Crippen LogP contribution in [-0.2, 0) is 22.6 Å². The van der Waals surface area contributed by atoms with Gasteiger partial charge in [0.15, 0.2) is 0 Å². The van der Waals surface area contributed by atoms with Crippen LogP contribution in [0.25, 0.3) is 0 Å². The number of nitrogens with zero attached hydrogens (tertiary/aromatic N) is 1. The predicted octanol–water partition coefficient (Wildman–Crippen LogP) is 1.38. The fourth-order valence-electron chi connectivity index (χ4n) is 0.694. The quantitative estimate of drug-likeness (QED) is 0.642. The van der Waals surface area contributed by atoms with E-state index in [2.05, 4.69) is 9.72 Å². The molecular weight excluding hydrogens is 162 g/mol. The summed E-state index contributed by atoms with van der Waals surface area (Å²) in [5.41, 5.74) is 0. The standard InChI is InChI=1S/C7H9NO2S/c1-2-7-8-3-6(11-7)4-10-5-9/h3,5H,2,4H2,1H3. The van der Waals surface area contributed by atoms with Crippen LogP contribution in [0.5, 0.6) is 0 Å². The Morgan fingerprint density at radius 1 is 1.82 bits per heavy atom. The molecule has 0 aromatic carbocycles. The molecule has 0 fully saturated rings. The smallest absolute Gasteiger partial charge is 0.293 e. The van der Waals surface area contributed by atoms with Crippen molar-refractivity contribution in [1.29, 1.82) is 0 Å². The number of hydrogen-bond acceptors (Lipinski definition) is 4. The van der Waals surface area contributed by atoms with E-state index in [9.17, 15) is 4.79 Å². The summed E-state index contributed by atoms with van der Waals surface area (Å²) < 4.78 is 4.57. The summed E-state index contributed by atoms with van der Waals surface area (Å²) in [5.74, 6) is 0. The van der Waals surface area contributed by atoms with Gasteiger partial charge in [-0.25, -0.2) is 4.98 Å².